The summed E-state index contributed by atoms with van der Waals surface area (Å²) in [6.45, 7) is 2.80. The number of nitrogens with two attached hydrogens (primary N) is 1. The van der Waals surface area contributed by atoms with Crippen molar-refractivity contribution in [1.82, 2.24) is 19.9 Å². The van der Waals surface area contributed by atoms with Crippen molar-refractivity contribution in [1.29, 1.82) is 0 Å². The average Bonchev–Trinajstić information content (AvgIpc) is 2.68. The van der Waals surface area contributed by atoms with Crippen LogP contribution in [-0.2, 0) is 4.74 Å². The highest BCUT2D eigenvalue weighted by Gasteiger charge is 2.19. The molecule has 0 aliphatic carbocycles. The van der Waals surface area contributed by atoms with Crippen LogP contribution in [0, 0.1) is 0 Å². The molecule has 4 rings (SSSR count). The lowest BCUT2D eigenvalue weighted by Gasteiger charge is -2.28. The molecule has 1 saturated heterocycles. The third-order valence-electron chi connectivity index (χ3n) is 4.40. The molecule has 134 valence electrons. The third kappa shape index (κ3) is 3.11. The molecule has 1 aromatic carbocycles. The summed E-state index contributed by atoms with van der Waals surface area (Å²) in [7, 11) is 4.03. The molecule has 0 amide bonds. The van der Waals surface area contributed by atoms with E-state index in [9.17, 15) is 0 Å². The molecule has 8 heteroatoms. The van der Waals surface area contributed by atoms with Crippen molar-refractivity contribution in [2.45, 2.75) is 0 Å². The molecule has 0 spiro atoms. The Morgan fingerprint density at radius 1 is 1.04 bits per heavy atom. The fourth-order valence-electron chi connectivity index (χ4n) is 2.97. The zero-order chi connectivity index (χ0) is 18.1. The lowest BCUT2D eigenvalue weighted by Crippen LogP contribution is -2.37. The number of nitrogens with zero attached hydrogens (tertiary/aromatic N) is 6. The number of anilines is 3. The van der Waals surface area contributed by atoms with E-state index in [1.54, 1.807) is 6.20 Å². The largest absolute Gasteiger partial charge is 0.378 e. The van der Waals surface area contributed by atoms with E-state index < -0.39 is 0 Å². The van der Waals surface area contributed by atoms with Gasteiger partial charge in [-0.1, -0.05) is 12.1 Å². The summed E-state index contributed by atoms with van der Waals surface area (Å²) in [5, 5.41) is 0. The quantitative estimate of drug-likeness (QED) is 0.760. The normalized spacial score (nSPS) is 14.6. The molecule has 1 aliphatic rings. The number of nitrogen functional groups attached to an aromatic ring is 1. The van der Waals surface area contributed by atoms with Crippen LogP contribution in [0.1, 0.15) is 0 Å². The molecule has 2 aromatic heterocycles. The molecule has 0 bridgehead atoms. The number of morpholine rings is 1. The lowest BCUT2D eigenvalue weighted by atomic mass is 10.1. The van der Waals surface area contributed by atoms with Crippen LogP contribution in [0.15, 0.2) is 30.5 Å². The van der Waals surface area contributed by atoms with E-state index >= 15 is 0 Å². The Labute approximate surface area is 151 Å². The van der Waals surface area contributed by atoms with Crippen LogP contribution < -0.4 is 15.5 Å². The maximum absolute atomic E-state index is 5.87. The number of hydrogen-bond acceptors (Lipinski definition) is 8. The molecule has 0 atom stereocenters. The Balaban J connectivity index is 1.79. The molecule has 26 heavy (non-hydrogen) atoms. The second kappa shape index (κ2) is 6.72. The van der Waals surface area contributed by atoms with Crippen molar-refractivity contribution in [3.63, 3.8) is 0 Å². The second-order valence-electron chi connectivity index (χ2n) is 6.37. The zero-order valence-electron chi connectivity index (χ0n) is 14.9. The van der Waals surface area contributed by atoms with Gasteiger partial charge in [-0.15, -0.1) is 0 Å². The van der Waals surface area contributed by atoms with Gasteiger partial charge < -0.3 is 20.3 Å². The van der Waals surface area contributed by atoms with Crippen molar-refractivity contribution >= 4 is 28.6 Å². The summed E-state index contributed by atoms with van der Waals surface area (Å²) in [5.41, 5.74) is 9.95. The van der Waals surface area contributed by atoms with Crippen LogP contribution in [0.4, 0.5) is 17.5 Å². The van der Waals surface area contributed by atoms with Gasteiger partial charge in [-0.05, 0) is 12.1 Å². The van der Waals surface area contributed by atoms with Gasteiger partial charge in [0.2, 0.25) is 5.95 Å². The Bertz CT molecular complexity index is 921. The lowest BCUT2D eigenvalue weighted by molar-refractivity contribution is 0.122. The van der Waals surface area contributed by atoms with E-state index in [0.29, 0.717) is 24.4 Å². The molecule has 1 fully saturated rings. The Hall–Kier alpha value is -3.00. The van der Waals surface area contributed by atoms with Crippen molar-refractivity contribution in [2.24, 2.45) is 0 Å². The van der Waals surface area contributed by atoms with Gasteiger partial charge in [0, 0.05) is 38.4 Å². The van der Waals surface area contributed by atoms with E-state index in [0.717, 1.165) is 35.9 Å². The molecule has 2 N–H and O–H groups in total. The minimum atomic E-state index is 0.205. The summed E-state index contributed by atoms with van der Waals surface area (Å²) in [5.74, 6) is 0.923. The van der Waals surface area contributed by atoms with Crippen LogP contribution >= 0.6 is 0 Å². The maximum Gasteiger partial charge on any atom is 0.224 e. The Morgan fingerprint density at radius 2 is 1.77 bits per heavy atom. The van der Waals surface area contributed by atoms with Gasteiger partial charge in [0.25, 0.3) is 0 Å². The highest BCUT2D eigenvalue weighted by molar-refractivity contribution is 5.85. The SMILES string of the molecule is CN(C)c1ccc(-c2cnc3nc(N)nc(N4CCOCC4)c3n2)cc1. The predicted octanol–water partition coefficient (Wildman–Crippen LogP) is 1.57. The van der Waals surface area contributed by atoms with Gasteiger partial charge in [-0.3, -0.25) is 0 Å². The Kier molecular flexibility index (Phi) is 4.26. The number of benzene rings is 1. The molecule has 0 saturated carbocycles. The first-order valence-electron chi connectivity index (χ1n) is 8.52. The number of rotatable bonds is 3. The standard InChI is InChI=1S/C18H21N7O/c1-24(2)13-5-3-12(4-6-13)14-11-20-16-15(21-14)17(23-18(19)22-16)25-7-9-26-10-8-25/h3-6,11H,7-10H2,1-2H3,(H2,19,20,22,23). The topological polar surface area (TPSA) is 93.3 Å². The highest BCUT2D eigenvalue weighted by Crippen LogP contribution is 2.26. The van der Waals surface area contributed by atoms with Crippen molar-refractivity contribution in [3.05, 3.63) is 30.5 Å². The number of aromatic nitrogens is 4. The number of ether oxygens (including phenoxy) is 1. The van der Waals surface area contributed by atoms with E-state index in [-0.39, 0.29) is 5.95 Å². The van der Waals surface area contributed by atoms with Crippen LogP contribution in [0.3, 0.4) is 0 Å². The van der Waals surface area contributed by atoms with E-state index in [1.807, 2.05) is 26.2 Å². The summed E-state index contributed by atoms with van der Waals surface area (Å²) >= 11 is 0. The summed E-state index contributed by atoms with van der Waals surface area (Å²) < 4.78 is 5.43. The van der Waals surface area contributed by atoms with Gasteiger partial charge in [0.1, 0.15) is 0 Å². The zero-order valence-corrected chi connectivity index (χ0v) is 14.9. The smallest absolute Gasteiger partial charge is 0.224 e. The fraction of sp³-hybridized carbons (Fsp3) is 0.333. The fourth-order valence-corrected chi connectivity index (χ4v) is 2.97. The predicted molar refractivity (Wildman–Crippen MR) is 102 cm³/mol. The first-order chi connectivity index (χ1) is 12.6. The summed E-state index contributed by atoms with van der Waals surface area (Å²) in [6.07, 6.45) is 1.72. The summed E-state index contributed by atoms with van der Waals surface area (Å²) in [4.78, 5) is 22.1. The molecule has 0 radical (unpaired) electrons. The minimum Gasteiger partial charge on any atom is -0.378 e. The molecule has 1 aliphatic heterocycles. The molecule has 3 aromatic rings. The number of fused-ring (bicyclic) bond motifs is 1. The van der Waals surface area contributed by atoms with Crippen molar-refractivity contribution < 1.29 is 4.74 Å². The van der Waals surface area contributed by atoms with E-state index in [1.165, 1.54) is 0 Å². The molecule has 0 unspecified atom stereocenters. The average molecular weight is 351 g/mol. The van der Waals surface area contributed by atoms with E-state index in [4.69, 9.17) is 15.5 Å². The van der Waals surface area contributed by atoms with Crippen molar-refractivity contribution in [2.75, 3.05) is 55.9 Å². The van der Waals surface area contributed by atoms with Crippen LogP contribution in [-0.4, -0.2) is 60.3 Å². The molecule has 3 heterocycles. The highest BCUT2D eigenvalue weighted by atomic mass is 16.5. The molecular formula is C18H21N7O. The molecular weight excluding hydrogens is 330 g/mol. The first-order valence-corrected chi connectivity index (χ1v) is 8.52. The van der Waals surface area contributed by atoms with Crippen LogP contribution in [0.5, 0.6) is 0 Å². The van der Waals surface area contributed by atoms with Gasteiger partial charge in [-0.2, -0.15) is 9.97 Å². The van der Waals surface area contributed by atoms with E-state index in [2.05, 4.69) is 36.9 Å². The van der Waals surface area contributed by atoms with Crippen LogP contribution in [0.25, 0.3) is 22.4 Å². The Morgan fingerprint density at radius 3 is 2.46 bits per heavy atom. The van der Waals surface area contributed by atoms with Gasteiger partial charge in [-0.25, -0.2) is 9.97 Å². The molecule has 8 nitrogen and oxygen atoms in total. The second-order valence-corrected chi connectivity index (χ2v) is 6.37. The van der Waals surface area contributed by atoms with Gasteiger partial charge >= 0.3 is 0 Å². The summed E-state index contributed by atoms with van der Waals surface area (Å²) in [6, 6.07) is 8.20. The van der Waals surface area contributed by atoms with Crippen LogP contribution in [0.2, 0.25) is 0 Å². The van der Waals surface area contributed by atoms with Gasteiger partial charge in [0.05, 0.1) is 25.1 Å². The van der Waals surface area contributed by atoms with Gasteiger partial charge in [0.15, 0.2) is 17.0 Å². The third-order valence-corrected chi connectivity index (χ3v) is 4.40. The minimum absolute atomic E-state index is 0.205. The maximum atomic E-state index is 5.87. The monoisotopic (exact) mass is 351 g/mol. The first kappa shape index (κ1) is 16.5. The number of hydrogen-bond donors (Lipinski definition) is 1. The van der Waals surface area contributed by atoms with Crippen molar-refractivity contribution in [3.8, 4) is 11.3 Å².